The fourth-order valence-corrected chi connectivity index (χ4v) is 4.54. The number of aryl methyl sites for hydroxylation is 1. The number of aromatic hydroxyl groups is 1. The van der Waals surface area contributed by atoms with Crippen LogP contribution in [0.1, 0.15) is 5.56 Å². The number of aromatic nitrogens is 2. The maximum Gasteiger partial charge on any atom is 0.142 e. The Hall–Kier alpha value is -2.79. The van der Waals surface area contributed by atoms with E-state index in [1.54, 1.807) is 12.4 Å². The minimum atomic E-state index is 0.283. The Morgan fingerprint density at radius 3 is 2.80 bits per heavy atom. The topological polar surface area (TPSA) is 58.0 Å². The molecule has 1 aliphatic rings. The minimum absolute atomic E-state index is 0.283. The molecule has 0 unspecified atom stereocenters. The Kier molecular flexibility index (Phi) is 3.28. The van der Waals surface area contributed by atoms with Crippen LogP contribution in [0.2, 0.25) is 0 Å². The number of phenols is 1. The number of nitrogens with one attached hydrogen (secondary N) is 1. The van der Waals surface area contributed by atoms with Crippen molar-refractivity contribution in [3.05, 3.63) is 60.4 Å². The second-order valence-corrected chi connectivity index (χ2v) is 7.20. The minimum Gasteiger partial charge on any atom is -0.507 e. The number of rotatable bonds is 2. The van der Waals surface area contributed by atoms with Crippen molar-refractivity contribution in [3.8, 4) is 5.75 Å². The van der Waals surface area contributed by atoms with E-state index in [1.807, 2.05) is 42.1 Å². The molecule has 0 saturated heterocycles. The molecule has 0 radical (unpaired) electrons. The van der Waals surface area contributed by atoms with Crippen LogP contribution in [0.5, 0.6) is 5.75 Å². The van der Waals surface area contributed by atoms with Crippen LogP contribution < -0.4 is 5.32 Å². The van der Waals surface area contributed by atoms with Gasteiger partial charge in [-0.1, -0.05) is 24.3 Å². The predicted octanol–water partition coefficient (Wildman–Crippen LogP) is 4.88. The lowest BCUT2D eigenvalue weighted by Gasteiger charge is -2.13. The summed E-state index contributed by atoms with van der Waals surface area (Å²) in [5.41, 5.74) is 3.21. The highest BCUT2D eigenvalue weighted by Gasteiger charge is 2.18. The first-order valence-electron chi connectivity index (χ1n) is 8.18. The highest BCUT2D eigenvalue weighted by molar-refractivity contribution is 7.99. The Morgan fingerprint density at radius 2 is 1.84 bits per heavy atom. The first kappa shape index (κ1) is 14.5. The Balaban J connectivity index is 1.71. The number of anilines is 2. The molecular formula is C20H15N3OS. The molecule has 4 aromatic rings. The zero-order valence-electron chi connectivity index (χ0n) is 13.4. The lowest BCUT2D eigenvalue weighted by atomic mass is 10.1. The predicted molar refractivity (Wildman–Crippen MR) is 103 cm³/mol. The Labute approximate surface area is 148 Å². The maximum atomic E-state index is 10.1. The summed E-state index contributed by atoms with van der Waals surface area (Å²) < 4.78 is 0. The van der Waals surface area contributed by atoms with Gasteiger partial charge in [0.25, 0.3) is 0 Å². The third-order valence-corrected chi connectivity index (χ3v) is 5.73. The van der Waals surface area contributed by atoms with Crippen molar-refractivity contribution in [2.45, 2.75) is 11.3 Å². The SMILES string of the molecule is Oc1cccc2c(Nc3ncnc4ccc5c(c34)CCS5)cccc12. The lowest BCUT2D eigenvalue weighted by molar-refractivity contribution is 0.481. The highest BCUT2D eigenvalue weighted by Crippen LogP contribution is 2.39. The summed E-state index contributed by atoms with van der Waals surface area (Å²) in [6.45, 7) is 0. The maximum absolute atomic E-state index is 10.1. The zero-order chi connectivity index (χ0) is 16.8. The Bertz CT molecular complexity index is 1130. The van der Waals surface area contributed by atoms with Crippen molar-refractivity contribution in [2.75, 3.05) is 11.1 Å². The van der Waals surface area contributed by atoms with E-state index in [-0.39, 0.29) is 5.75 Å². The van der Waals surface area contributed by atoms with Crippen LogP contribution in [0.3, 0.4) is 0 Å². The zero-order valence-corrected chi connectivity index (χ0v) is 14.2. The van der Waals surface area contributed by atoms with E-state index < -0.39 is 0 Å². The number of benzene rings is 3. The van der Waals surface area contributed by atoms with Gasteiger partial charge >= 0.3 is 0 Å². The van der Waals surface area contributed by atoms with Gasteiger partial charge in [0.15, 0.2) is 0 Å². The molecule has 0 fully saturated rings. The number of fused-ring (bicyclic) bond motifs is 4. The molecule has 5 heteroatoms. The van der Waals surface area contributed by atoms with Gasteiger partial charge in [-0.25, -0.2) is 9.97 Å². The van der Waals surface area contributed by atoms with E-state index >= 15 is 0 Å². The third kappa shape index (κ3) is 2.31. The Morgan fingerprint density at radius 1 is 0.960 bits per heavy atom. The summed E-state index contributed by atoms with van der Waals surface area (Å²) in [5.74, 6) is 2.21. The van der Waals surface area contributed by atoms with Crippen LogP contribution in [0.4, 0.5) is 11.5 Å². The molecule has 1 aliphatic heterocycles. The molecule has 122 valence electrons. The molecule has 0 atom stereocenters. The first-order valence-corrected chi connectivity index (χ1v) is 9.17. The molecule has 0 aliphatic carbocycles. The van der Waals surface area contributed by atoms with Crippen molar-refractivity contribution >= 4 is 44.9 Å². The second kappa shape index (κ2) is 5.63. The molecule has 3 aromatic carbocycles. The van der Waals surface area contributed by atoms with Crippen LogP contribution in [0.25, 0.3) is 21.7 Å². The van der Waals surface area contributed by atoms with Gasteiger partial charge in [0, 0.05) is 32.5 Å². The normalized spacial score (nSPS) is 13.3. The lowest BCUT2D eigenvalue weighted by Crippen LogP contribution is -1.99. The fourth-order valence-electron chi connectivity index (χ4n) is 3.47. The van der Waals surface area contributed by atoms with Crippen molar-refractivity contribution in [1.82, 2.24) is 9.97 Å². The molecule has 0 amide bonds. The van der Waals surface area contributed by atoms with E-state index in [1.165, 1.54) is 10.5 Å². The molecule has 2 heterocycles. The molecule has 4 nitrogen and oxygen atoms in total. The fraction of sp³-hybridized carbons (Fsp3) is 0.100. The van der Waals surface area contributed by atoms with Gasteiger partial charge in [0.2, 0.25) is 0 Å². The standard InChI is InChI=1S/C20H15N3OS/c24-17-6-2-3-12-13(17)4-1-5-15(12)23-20-19-14-9-10-25-18(14)8-7-16(19)21-11-22-20/h1-8,11,24H,9-10H2,(H,21,22,23). The largest absolute Gasteiger partial charge is 0.507 e. The van der Waals surface area contributed by atoms with Crippen molar-refractivity contribution in [3.63, 3.8) is 0 Å². The number of thioether (sulfide) groups is 1. The summed E-state index contributed by atoms with van der Waals surface area (Å²) in [7, 11) is 0. The van der Waals surface area contributed by atoms with Gasteiger partial charge in [-0.15, -0.1) is 11.8 Å². The average Bonchev–Trinajstić information content (AvgIpc) is 3.11. The van der Waals surface area contributed by atoms with Gasteiger partial charge < -0.3 is 10.4 Å². The smallest absolute Gasteiger partial charge is 0.142 e. The van der Waals surface area contributed by atoms with Crippen LogP contribution >= 0.6 is 11.8 Å². The summed E-state index contributed by atoms with van der Waals surface area (Å²) in [6, 6.07) is 15.6. The van der Waals surface area contributed by atoms with Crippen molar-refractivity contribution in [1.29, 1.82) is 0 Å². The van der Waals surface area contributed by atoms with Crippen LogP contribution in [-0.4, -0.2) is 20.8 Å². The van der Waals surface area contributed by atoms with E-state index in [4.69, 9.17) is 0 Å². The van der Waals surface area contributed by atoms with Gasteiger partial charge in [-0.2, -0.15) is 0 Å². The first-order chi connectivity index (χ1) is 12.3. The number of nitrogens with zero attached hydrogens (tertiary/aromatic N) is 2. The van der Waals surface area contributed by atoms with E-state index in [2.05, 4.69) is 27.4 Å². The number of phenolic OH excluding ortho intramolecular Hbond substituents is 1. The monoisotopic (exact) mass is 345 g/mol. The van der Waals surface area contributed by atoms with Gasteiger partial charge in [-0.05, 0) is 36.2 Å². The molecule has 5 rings (SSSR count). The molecule has 2 N–H and O–H groups in total. The van der Waals surface area contributed by atoms with Crippen LogP contribution in [-0.2, 0) is 6.42 Å². The summed E-state index contributed by atoms with van der Waals surface area (Å²) in [4.78, 5) is 10.3. The van der Waals surface area contributed by atoms with Crippen molar-refractivity contribution in [2.24, 2.45) is 0 Å². The summed E-state index contributed by atoms with van der Waals surface area (Å²) >= 11 is 1.89. The molecule has 0 spiro atoms. The highest BCUT2D eigenvalue weighted by atomic mass is 32.2. The van der Waals surface area contributed by atoms with Gasteiger partial charge in [0.1, 0.15) is 17.9 Å². The molecule has 25 heavy (non-hydrogen) atoms. The number of hydrogen-bond acceptors (Lipinski definition) is 5. The van der Waals surface area contributed by atoms with Gasteiger partial charge in [0.05, 0.1) is 5.52 Å². The second-order valence-electron chi connectivity index (χ2n) is 6.06. The van der Waals surface area contributed by atoms with E-state index in [0.717, 1.165) is 45.4 Å². The quantitative estimate of drug-likeness (QED) is 0.542. The van der Waals surface area contributed by atoms with Crippen molar-refractivity contribution < 1.29 is 5.11 Å². The van der Waals surface area contributed by atoms with E-state index in [9.17, 15) is 5.11 Å². The summed E-state index contributed by atoms with van der Waals surface area (Å²) in [6.07, 6.45) is 2.64. The van der Waals surface area contributed by atoms with Crippen LogP contribution in [0.15, 0.2) is 59.8 Å². The molecule has 0 saturated carbocycles. The summed E-state index contributed by atoms with van der Waals surface area (Å²) in [5, 5.41) is 16.5. The van der Waals surface area contributed by atoms with Crippen LogP contribution in [0, 0.1) is 0 Å². The average molecular weight is 345 g/mol. The molecule has 0 bridgehead atoms. The molecule has 1 aromatic heterocycles. The third-order valence-electron chi connectivity index (χ3n) is 4.63. The molecular weight excluding hydrogens is 330 g/mol. The number of hydrogen-bond donors (Lipinski definition) is 2. The van der Waals surface area contributed by atoms with Gasteiger partial charge in [-0.3, -0.25) is 0 Å². The van der Waals surface area contributed by atoms with E-state index in [0.29, 0.717) is 0 Å².